The molecule has 2 unspecified atom stereocenters. The Morgan fingerprint density at radius 1 is 1.19 bits per heavy atom. The van der Waals surface area contributed by atoms with E-state index in [0.717, 1.165) is 6.54 Å². The van der Waals surface area contributed by atoms with Crippen molar-refractivity contribution in [2.45, 2.75) is 59.5 Å². The zero-order valence-corrected chi connectivity index (χ0v) is 14.7. The lowest BCUT2D eigenvalue weighted by molar-refractivity contribution is 0.0628. The minimum Gasteiger partial charge on any atom is -0.319 e. The van der Waals surface area contributed by atoms with E-state index >= 15 is 0 Å². The van der Waals surface area contributed by atoms with Gasteiger partial charge < -0.3 is 5.32 Å². The molecule has 1 aliphatic heterocycles. The zero-order valence-electron chi connectivity index (χ0n) is 14.7. The van der Waals surface area contributed by atoms with Gasteiger partial charge in [-0.2, -0.15) is 0 Å². The van der Waals surface area contributed by atoms with Gasteiger partial charge in [-0.3, -0.25) is 4.90 Å². The summed E-state index contributed by atoms with van der Waals surface area (Å²) in [5, 5.41) is 3.42. The first-order valence-corrected chi connectivity index (χ1v) is 8.43. The van der Waals surface area contributed by atoms with Crippen molar-refractivity contribution in [3.05, 3.63) is 34.4 Å². The van der Waals surface area contributed by atoms with E-state index < -0.39 is 0 Å². The van der Waals surface area contributed by atoms with Gasteiger partial charge in [-0.15, -0.1) is 0 Å². The fourth-order valence-corrected chi connectivity index (χ4v) is 4.22. The monoisotopic (exact) mass is 288 g/mol. The van der Waals surface area contributed by atoms with E-state index in [0.29, 0.717) is 18.0 Å². The van der Waals surface area contributed by atoms with Crippen molar-refractivity contribution in [3.8, 4) is 0 Å². The third-order valence-electron chi connectivity index (χ3n) is 4.96. The fraction of sp³-hybridized carbons (Fsp3) is 0.684. The summed E-state index contributed by atoms with van der Waals surface area (Å²) in [4.78, 5) is 2.72. The third kappa shape index (κ3) is 3.49. The zero-order chi connectivity index (χ0) is 15.6. The molecule has 0 aromatic heterocycles. The number of rotatable bonds is 4. The Morgan fingerprint density at radius 2 is 1.81 bits per heavy atom. The minimum atomic E-state index is 0.562. The second-order valence-corrected chi connectivity index (χ2v) is 7.05. The Hall–Kier alpha value is -0.860. The average Bonchev–Trinajstić information content (AvgIpc) is 2.39. The van der Waals surface area contributed by atoms with Crippen molar-refractivity contribution in [2.24, 2.45) is 5.92 Å². The number of likely N-dealkylation sites (tertiary alicyclic amines) is 1. The van der Waals surface area contributed by atoms with E-state index in [9.17, 15) is 0 Å². The average molecular weight is 288 g/mol. The smallest absolute Gasteiger partial charge is 0.0396 e. The Morgan fingerprint density at radius 3 is 2.33 bits per heavy atom. The van der Waals surface area contributed by atoms with Crippen molar-refractivity contribution in [1.29, 1.82) is 0 Å². The lowest BCUT2D eigenvalue weighted by Crippen LogP contribution is -2.45. The van der Waals surface area contributed by atoms with Gasteiger partial charge in [0, 0.05) is 12.1 Å². The molecule has 0 bridgehead atoms. The van der Waals surface area contributed by atoms with Crippen LogP contribution in [0.1, 0.15) is 55.0 Å². The molecule has 21 heavy (non-hydrogen) atoms. The molecule has 2 atom stereocenters. The van der Waals surface area contributed by atoms with Gasteiger partial charge in [0.25, 0.3) is 0 Å². The van der Waals surface area contributed by atoms with Gasteiger partial charge in [-0.05, 0) is 90.2 Å². The molecule has 0 spiro atoms. The van der Waals surface area contributed by atoms with Crippen LogP contribution in [0.4, 0.5) is 0 Å². The maximum atomic E-state index is 3.42. The number of nitrogens with one attached hydrogen (secondary N) is 1. The molecule has 118 valence electrons. The first-order chi connectivity index (χ1) is 9.95. The van der Waals surface area contributed by atoms with Crippen LogP contribution in [0.25, 0.3) is 0 Å². The second-order valence-electron chi connectivity index (χ2n) is 7.05. The standard InChI is InChI=1S/C19H32N2/c1-13(2)21-9-7-8-17(12-20-6)19(21)18-15(4)10-14(3)11-16(18)5/h10-11,13,17,19-20H,7-9,12H2,1-6H3. The van der Waals surface area contributed by atoms with Gasteiger partial charge in [-0.25, -0.2) is 0 Å². The van der Waals surface area contributed by atoms with Crippen LogP contribution in [-0.4, -0.2) is 31.1 Å². The van der Waals surface area contributed by atoms with Crippen molar-refractivity contribution < 1.29 is 0 Å². The lowest BCUT2D eigenvalue weighted by atomic mass is 9.80. The molecule has 0 radical (unpaired) electrons. The molecule has 2 nitrogen and oxygen atoms in total. The molecule has 0 amide bonds. The summed E-state index contributed by atoms with van der Waals surface area (Å²) < 4.78 is 0. The van der Waals surface area contributed by atoms with E-state index in [2.05, 4.69) is 64.0 Å². The predicted molar refractivity (Wildman–Crippen MR) is 91.9 cm³/mol. The number of benzene rings is 1. The van der Waals surface area contributed by atoms with Gasteiger partial charge in [-0.1, -0.05) is 17.7 Å². The van der Waals surface area contributed by atoms with Crippen LogP contribution in [0.5, 0.6) is 0 Å². The lowest BCUT2D eigenvalue weighted by Gasteiger charge is -2.45. The first kappa shape index (κ1) is 16.5. The molecule has 1 N–H and O–H groups in total. The number of aryl methyl sites for hydroxylation is 3. The van der Waals surface area contributed by atoms with E-state index in [1.807, 2.05) is 0 Å². The molecule has 1 fully saturated rings. The largest absolute Gasteiger partial charge is 0.319 e. The van der Waals surface area contributed by atoms with E-state index in [1.54, 1.807) is 5.56 Å². The predicted octanol–water partition coefficient (Wildman–Crippen LogP) is 3.99. The summed E-state index contributed by atoms with van der Waals surface area (Å²) in [5.41, 5.74) is 5.89. The number of hydrogen-bond donors (Lipinski definition) is 1. The van der Waals surface area contributed by atoms with Crippen molar-refractivity contribution >= 4 is 0 Å². The Kier molecular flexibility index (Phi) is 5.45. The third-order valence-corrected chi connectivity index (χ3v) is 4.96. The van der Waals surface area contributed by atoms with Gasteiger partial charge >= 0.3 is 0 Å². The van der Waals surface area contributed by atoms with Crippen LogP contribution < -0.4 is 5.32 Å². The Bertz CT molecular complexity index is 453. The molecule has 1 heterocycles. The van der Waals surface area contributed by atoms with E-state index in [-0.39, 0.29) is 0 Å². The molecule has 1 saturated heterocycles. The first-order valence-electron chi connectivity index (χ1n) is 8.43. The van der Waals surface area contributed by atoms with Gasteiger partial charge in [0.1, 0.15) is 0 Å². The summed E-state index contributed by atoms with van der Waals surface area (Å²) in [6.07, 6.45) is 2.66. The molecule has 0 saturated carbocycles. The topological polar surface area (TPSA) is 15.3 Å². The van der Waals surface area contributed by atoms with Gasteiger partial charge in [0.15, 0.2) is 0 Å². The molecule has 1 aromatic rings. The van der Waals surface area contributed by atoms with Crippen LogP contribution in [0, 0.1) is 26.7 Å². The number of piperidine rings is 1. The number of nitrogens with zero attached hydrogens (tertiary/aromatic N) is 1. The fourth-order valence-electron chi connectivity index (χ4n) is 4.22. The van der Waals surface area contributed by atoms with E-state index in [1.165, 1.54) is 36.1 Å². The quantitative estimate of drug-likeness (QED) is 0.901. The maximum Gasteiger partial charge on any atom is 0.0396 e. The normalized spacial score (nSPS) is 23.8. The highest BCUT2D eigenvalue weighted by atomic mass is 15.2. The van der Waals surface area contributed by atoms with Gasteiger partial charge in [0.2, 0.25) is 0 Å². The molecule has 1 aromatic carbocycles. The van der Waals surface area contributed by atoms with Crippen molar-refractivity contribution in [1.82, 2.24) is 10.2 Å². The van der Waals surface area contributed by atoms with Crippen LogP contribution in [0.15, 0.2) is 12.1 Å². The summed E-state index contributed by atoms with van der Waals surface area (Å²) >= 11 is 0. The van der Waals surface area contributed by atoms with Crippen molar-refractivity contribution in [2.75, 3.05) is 20.1 Å². The van der Waals surface area contributed by atoms with Gasteiger partial charge in [0.05, 0.1) is 0 Å². The summed E-state index contributed by atoms with van der Waals surface area (Å²) in [6.45, 7) is 13.8. The highest BCUT2D eigenvalue weighted by Gasteiger charge is 2.35. The minimum absolute atomic E-state index is 0.562. The van der Waals surface area contributed by atoms with Crippen LogP contribution in [-0.2, 0) is 0 Å². The molecule has 0 aliphatic carbocycles. The molecule has 1 aliphatic rings. The highest BCUT2D eigenvalue weighted by molar-refractivity contribution is 5.40. The summed E-state index contributed by atoms with van der Waals surface area (Å²) in [6, 6.07) is 5.87. The van der Waals surface area contributed by atoms with E-state index in [4.69, 9.17) is 0 Å². The Balaban J connectivity index is 2.47. The SMILES string of the molecule is CNCC1CCCN(C(C)C)C1c1c(C)cc(C)cc1C. The van der Waals surface area contributed by atoms with Crippen LogP contribution in [0.3, 0.4) is 0 Å². The highest BCUT2D eigenvalue weighted by Crippen LogP contribution is 2.40. The van der Waals surface area contributed by atoms with Crippen LogP contribution >= 0.6 is 0 Å². The summed E-state index contributed by atoms with van der Waals surface area (Å²) in [5.74, 6) is 0.714. The second kappa shape index (κ2) is 6.93. The Labute approximate surface area is 130 Å². The maximum absolute atomic E-state index is 3.42. The van der Waals surface area contributed by atoms with Crippen LogP contribution in [0.2, 0.25) is 0 Å². The number of hydrogen-bond acceptors (Lipinski definition) is 2. The molecule has 2 rings (SSSR count). The summed E-state index contributed by atoms with van der Waals surface area (Å²) in [7, 11) is 2.08. The molecular weight excluding hydrogens is 256 g/mol. The molecular formula is C19H32N2. The molecule has 2 heteroatoms. The van der Waals surface area contributed by atoms with Crippen molar-refractivity contribution in [3.63, 3.8) is 0 Å².